The Kier molecular flexibility index (Phi) is 34.1. The number of rotatable bonds is 40. The van der Waals surface area contributed by atoms with Crippen LogP contribution in [-0.4, -0.2) is 143 Å². The molecule has 11 atom stereocenters. The van der Waals surface area contributed by atoms with E-state index in [-0.39, 0.29) is 6.61 Å². The lowest BCUT2D eigenvalue weighted by molar-refractivity contribution is -0.333. The van der Waals surface area contributed by atoms with E-state index in [0.29, 0.717) is 19.8 Å². The van der Waals surface area contributed by atoms with Crippen LogP contribution in [0.5, 0.6) is 0 Å². The molecule has 2 fully saturated rings. The van der Waals surface area contributed by atoms with Crippen LogP contribution in [0.3, 0.4) is 0 Å². The maximum atomic E-state index is 10.7. The predicted octanol–water partition coefficient (Wildman–Crippen LogP) is 6.99. The summed E-state index contributed by atoms with van der Waals surface area (Å²) in [5, 5.41) is 72.0. The van der Waals surface area contributed by atoms with Crippen LogP contribution < -0.4 is 0 Å². The van der Waals surface area contributed by atoms with E-state index in [1.165, 1.54) is 154 Å². The molecule has 0 aromatic rings. The molecule has 11 unspecified atom stereocenters. The molecule has 0 spiro atoms. The van der Waals surface area contributed by atoms with Crippen LogP contribution in [0.4, 0.5) is 0 Å². The molecule has 2 aliphatic heterocycles. The van der Waals surface area contributed by atoms with Crippen molar-refractivity contribution in [3.63, 3.8) is 0 Å². The van der Waals surface area contributed by atoms with E-state index in [1.807, 2.05) is 0 Å². The summed E-state index contributed by atoms with van der Waals surface area (Å²) in [6.45, 7) is 4.95. The van der Waals surface area contributed by atoms with E-state index in [4.69, 9.17) is 28.4 Å². The van der Waals surface area contributed by atoms with Crippen LogP contribution in [0.2, 0.25) is 0 Å². The van der Waals surface area contributed by atoms with Gasteiger partial charge in [-0.25, -0.2) is 0 Å². The average molecular weight is 865 g/mol. The zero-order chi connectivity index (χ0) is 43.6. The summed E-state index contributed by atoms with van der Waals surface area (Å²) in [5.74, 6) is 0. The van der Waals surface area contributed by atoms with E-state index >= 15 is 0 Å². The zero-order valence-electron chi connectivity index (χ0n) is 38.0. The molecule has 0 saturated carbocycles. The highest BCUT2D eigenvalue weighted by molar-refractivity contribution is 4.91. The van der Waals surface area contributed by atoms with Crippen molar-refractivity contribution >= 4 is 0 Å². The monoisotopic (exact) mass is 865 g/mol. The fraction of sp³-hybridized carbons (Fsp3) is 1.00. The minimum absolute atomic E-state index is 0.0160. The first-order valence-corrected chi connectivity index (χ1v) is 24.7. The summed E-state index contributed by atoms with van der Waals surface area (Å²) in [6, 6.07) is 0. The highest BCUT2D eigenvalue weighted by Crippen LogP contribution is 2.26. The minimum atomic E-state index is -1.65. The van der Waals surface area contributed by atoms with Crippen LogP contribution in [-0.2, 0) is 28.4 Å². The summed E-state index contributed by atoms with van der Waals surface area (Å²) in [7, 11) is 0. The second-order valence-corrected chi connectivity index (χ2v) is 17.6. The molecule has 358 valence electrons. The largest absolute Gasteiger partial charge is 0.394 e. The summed E-state index contributed by atoms with van der Waals surface area (Å²) in [6.07, 6.45) is 20.7. The molecule has 0 radical (unpaired) electrons. The predicted molar refractivity (Wildman–Crippen MR) is 234 cm³/mol. The second-order valence-electron chi connectivity index (χ2n) is 17.6. The lowest BCUT2D eigenvalue weighted by atomic mass is 9.98. The van der Waals surface area contributed by atoms with E-state index in [1.54, 1.807) is 0 Å². The zero-order valence-corrected chi connectivity index (χ0v) is 38.0. The van der Waals surface area contributed by atoms with Crippen LogP contribution in [0.15, 0.2) is 0 Å². The van der Waals surface area contributed by atoms with Crippen molar-refractivity contribution in [3.05, 3.63) is 0 Å². The number of aliphatic hydroxyl groups is 7. The molecule has 13 nitrogen and oxygen atoms in total. The fourth-order valence-corrected chi connectivity index (χ4v) is 8.09. The smallest absolute Gasteiger partial charge is 0.186 e. The Labute approximate surface area is 364 Å². The van der Waals surface area contributed by atoms with Crippen molar-refractivity contribution in [2.75, 3.05) is 39.6 Å². The molecule has 2 aliphatic rings. The third-order valence-corrected chi connectivity index (χ3v) is 12.2. The first-order valence-electron chi connectivity index (χ1n) is 24.7. The van der Waals surface area contributed by atoms with Gasteiger partial charge < -0.3 is 64.2 Å². The van der Waals surface area contributed by atoms with Gasteiger partial charge in [-0.3, -0.25) is 0 Å². The topological polar surface area (TPSA) is 197 Å². The summed E-state index contributed by atoms with van der Waals surface area (Å²) in [4.78, 5) is 0. The van der Waals surface area contributed by atoms with Crippen molar-refractivity contribution in [2.45, 2.75) is 261 Å². The number of hydrogen-bond donors (Lipinski definition) is 7. The molecule has 2 rings (SSSR count). The Morgan fingerprint density at radius 1 is 0.400 bits per heavy atom. The van der Waals surface area contributed by atoms with Gasteiger partial charge in [-0.1, -0.05) is 181 Å². The molecular weight excluding hydrogens is 773 g/mol. The number of ether oxygens (including phenoxy) is 6. The lowest BCUT2D eigenvalue weighted by Gasteiger charge is -2.42. The summed E-state index contributed by atoms with van der Waals surface area (Å²) >= 11 is 0. The Hall–Kier alpha value is -0.520. The molecular formula is C47H92O13. The lowest BCUT2D eigenvalue weighted by Crippen LogP contribution is -2.61. The van der Waals surface area contributed by atoms with Gasteiger partial charge in [0.2, 0.25) is 0 Å². The van der Waals surface area contributed by atoms with Gasteiger partial charge in [0.25, 0.3) is 0 Å². The van der Waals surface area contributed by atoms with Gasteiger partial charge in [0.15, 0.2) is 12.6 Å². The fourth-order valence-electron chi connectivity index (χ4n) is 8.09. The SMILES string of the molecule is CCCCCCCCCCCCCCCCOCC(COC1OC(COC2OC(CO)C(O)C(O)C2O)C(O)C(O)C1O)OCCCCCCCCCCCCCCCC. The Balaban J connectivity index is 1.74. The molecule has 7 N–H and O–H groups in total. The van der Waals surface area contributed by atoms with Crippen molar-refractivity contribution in [3.8, 4) is 0 Å². The molecule has 60 heavy (non-hydrogen) atoms. The number of aliphatic hydroxyl groups excluding tert-OH is 7. The third-order valence-electron chi connectivity index (χ3n) is 12.2. The van der Waals surface area contributed by atoms with Crippen LogP contribution in [0.1, 0.15) is 194 Å². The summed E-state index contributed by atoms with van der Waals surface area (Å²) in [5.41, 5.74) is 0. The Bertz CT molecular complexity index is 947. The van der Waals surface area contributed by atoms with E-state index in [9.17, 15) is 35.7 Å². The first-order chi connectivity index (χ1) is 29.2. The van der Waals surface area contributed by atoms with Gasteiger partial charge in [0.1, 0.15) is 54.9 Å². The van der Waals surface area contributed by atoms with Crippen LogP contribution in [0, 0.1) is 0 Å². The quantitative estimate of drug-likeness (QED) is 0.0312. The van der Waals surface area contributed by atoms with Gasteiger partial charge >= 0.3 is 0 Å². The molecule has 0 aromatic carbocycles. The summed E-state index contributed by atoms with van der Waals surface area (Å²) < 4.78 is 35.0. The van der Waals surface area contributed by atoms with Gasteiger partial charge in [0.05, 0.1) is 26.4 Å². The van der Waals surface area contributed by atoms with E-state index < -0.39 is 80.7 Å². The van der Waals surface area contributed by atoms with Crippen molar-refractivity contribution in [1.29, 1.82) is 0 Å². The Morgan fingerprint density at radius 3 is 1.20 bits per heavy atom. The third kappa shape index (κ3) is 24.5. The molecule has 0 aromatic heterocycles. The first kappa shape index (κ1) is 55.6. The van der Waals surface area contributed by atoms with Crippen molar-refractivity contribution in [2.24, 2.45) is 0 Å². The molecule has 13 heteroatoms. The molecule has 2 saturated heterocycles. The second kappa shape index (κ2) is 36.8. The van der Waals surface area contributed by atoms with Gasteiger partial charge in [0, 0.05) is 13.2 Å². The van der Waals surface area contributed by atoms with Gasteiger partial charge in [-0.2, -0.15) is 0 Å². The van der Waals surface area contributed by atoms with E-state index in [2.05, 4.69) is 13.8 Å². The molecule has 0 amide bonds. The number of hydrogen-bond acceptors (Lipinski definition) is 13. The highest BCUT2D eigenvalue weighted by atomic mass is 16.7. The molecule has 2 heterocycles. The van der Waals surface area contributed by atoms with Gasteiger partial charge in [-0.15, -0.1) is 0 Å². The molecule has 0 aliphatic carbocycles. The van der Waals surface area contributed by atoms with Crippen molar-refractivity contribution in [1.82, 2.24) is 0 Å². The van der Waals surface area contributed by atoms with Gasteiger partial charge in [-0.05, 0) is 12.8 Å². The number of unbranched alkanes of at least 4 members (excludes halogenated alkanes) is 26. The minimum Gasteiger partial charge on any atom is -0.394 e. The normalized spacial score (nSPS) is 27.8. The maximum Gasteiger partial charge on any atom is 0.186 e. The average Bonchev–Trinajstić information content (AvgIpc) is 3.25. The Morgan fingerprint density at radius 2 is 0.767 bits per heavy atom. The highest BCUT2D eigenvalue weighted by Gasteiger charge is 2.47. The molecule has 0 bridgehead atoms. The van der Waals surface area contributed by atoms with E-state index in [0.717, 1.165) is 25.7 Å². The van der Waals surface area contributed by atoms with Crippen LogP contribution >= 0.6 is 0 Å². The maximum absolute atomic E-state index is 10.7. The van der Waals surface area contributed by atoms with Crippen LogP contribution in [0.25, 0.3) is 0 Å². The van der Waals surface area contributed by atoms with Crippen molar-refractivity contribution < 1.29 is 64.2 Å². The standard InChI is InChI=1S/C47H92O13/c1-3-5-7-9-11-13-15-17-19-21-23-25-27-29-31-55-34-37(56-32-30-28-26-24-22-20-18-16-14-12-10-8-6-4-2)35-57-46-45(54)43(52)41(50)39(60-46)36-58-47-44(53)42(51)40(49)38(33-48)59-47/h37-54H,3-36H2,1-2H3.